The Morgan fingerprint density at radius 1 is 0.875 bits per heavy atom. The van der Waals surface area contributed by atoms with Gasteiger partial charge in [0.2, 0.25) is 0 Å². The van der Waals surface area contributed by atoms with Gasteiger partial charge in [0.15, 0.2) is 0 Å². The van der Waals surface area contributed by atoms with Crippen molar-refractivity contribution in [1.82, 2.24) is 0 Å². The Labute approximate surface area is 137 Å². The normalized spacial score (nSPS) is 13.7. The molecule has 0 fully saturated rings. The molecule has 0 radical (unpaired) electrons. The molecule has 2 N–H and O–H groups in total. The van der Waals surface area contributed by atoms with Crippen LogP contribution in [0.1, 0.15) is 22.7 Å². The van der Waals surface area contributed by atoms with E-state index < -0.39 is 29.9 Å². The lowest BCUT2D eigenvalue weighted by Crippen LogP contribution is -2.17. The number of nitrogens with two attached hydrogens (primary N) is 1. The van der Waals surface area contributed by atoms with Crippen molar-refractivity contribution in [2.75, 3.05) is 0 Å². The van der Waals surface area contributed by atoms with E-state index in [1.165, 1.54) is 18.2 Å². The third kappa shape index (κ3) is 4.78. The molecule has 1 atom stereocenters. The van der Waals surface area contributed by atoms with Crippen molar-refractivity contribution in [2.45, 2.75) is 18.6 Å². The van der Waals surface area contributed by atoms with Crippen LogP contribution in [0.5, 0.6) is 5.75 Å². The number of benzene rings is 2. The minimum Gasteiger partial charge on any atom is -0.406 e. The van der Waals surface area contributed by atoms with Crippen LogP contribution in [-0.2, 0) is 6.18 Å². The summed E-state index contributed by atoms with van der Waals surface area (Å²) in [6.45, 7) is 0. The van der Waals surface area contributed by atoms with Gasteiger partial charge in [-0.15, -0.1) is 13.2 Å². The largest absolute Gasteiger partial charge is 0.573 e. The van der Waals surface area contributed by atoms with Gasteiger partial charge < -0.3 is 10.5 Å². The van der Waals surface area contributed by atoms with Crippen LogP contribution in [0.25, 0.3) is 0 Å². The van der Waals surface area contributed by atoms with Gasteiger partial charge in [0.25, 0.3) is 0 Å². The minimum absolute atomic E-state index is 0.0827. The molecule has 2 nitrogen and oxygen atoms in total. The molecule has 0 amide bonds. The molecule has 2 aromatic carbocycles. The molecule has 24 heavy (non-hydrogen) atoms. The fraction of sp³-hybridized carbons (Fsp3) is 0.200. The first-order valence-electron chi connectivity index (χ1n) is 6.45. The average molecular weight is 370 g/mol. The van der Waals surface area contributed by atoms with E-state index in [-0.39, 0.29) is 10.6 Å². The molecule has 0 aliphatic rings. The van der Waals surface area contributed by atoms with Crippen LogP contribution in [0.2, 0.25) is 5.02 Å². The van der Waals surface area contributed by atoms with E-state index in [0.29, 0.717) is 5.56 Å². The molecule has 0 heterocycles. The first-order chi connectivity index (χ1) is 11.0. The van der Waals surface area contributed by atoms with Crippen LogP contribution in [0, 0.1) is 0 Å². The fourth-order valence-corrected chi connectivity index (χ4v) is 2.27. The molecule has 0 aromatic heterocycles. The summed E-state index contributed by atoms with van der Waals surface area (Å²) in [6.07, 6.45) is -9.43. The maximum Gasteiger partial charge on any atom is 0.573 e. The summed E-state index contributed by atoms with van der Waals surface area (Å²) in [5, 5.41) is -0.146. The fourth-order valence-electron chi connectivity index (χ4n) is 2.02. The van der Waals surface area contributed by atoms with Gasteiger partial charge in [0.1, 0.15) is 5.75 Å². The van der Waals surface area contributed by atoms with Crippen LogP contribution in [0.15, 0.2) is 42.5 Å². The molecule has 0 aliphatic heterocycles. The summed E-state index contributed by atoms with van der Waals surface area (Å²) in [5.74, 6) is -0.458. The van der Waals surface area contributed by atoms with Crippen LogP contribution >= 0.6 is 11.6 Å². The smallest absolute Gasteiger partial charge is 0.406 e. The highest BCUT2D eigenvalue weighted by Gasteiger charge is 2.32. The minimum atomic E-state index is -4.84. The van der Waals surface area contributed by atoms with Crippen molar-refractivity contribution in [2.24, 2.45) is 5.73 Å². The third-order valence-corrected chi connectivity index (χ3v) is 3.30. The molecule has 0 unspecified atom stereocenters. The molecule has 130 valence electrons. The topological polar surface area (TPSA) is 35.2 Å². The SMILES string of the molecule is N[C@@H](c1ccc(OC(F)(F)F)cc1)c1cc(Cl)cc(C(F)(F)F)c1. The number of hydrogen-bond acceptors (Lipinski definition) is 2. The Hall–Kier alpha value is -1.93. The predicted octanol–water partition coefficient (Wildman–Crippen LogP) is 5.31. The molecule has 0 aliphatic carbocycles. The summed E-state index contributed by atoms with van der Waals surface area (Å²) < 4.78 is 78.4. The third-order valence-electron chi connectivity index (χ3n) is 3.08. The van der Waals surface area contributed by atoms with E-state index in [2.05, 4.69) is 4.74 Å². The van der Waals surface area contributed by atoms with Crippen molar-refractivity contribution < 1.29 is 31.1 Å². The Balaban J connectivity index is 2.29. The van der Waals surface area contributed by atoms with Gasteiger partial charge in [-0.25, -0.2) is 0 Å². The van der Waals surface area contributed by atoms with E-state index in [9.17, 15) is 26.3 Å². The van der Waals surface area contributed by atoms with E-state index in [1.54, 1.807) is 0 Å². The molecule has 9 heteroatoms. The van der Waals surface area contributed by atoms with Gasteiger partial charge in [0.05, 0.1) is 11.6 Å². The lowest BCUT2D eigenvalue weighted by Gasteiger charge is -2.16. The quantitative estimate of drug-likeness (QED) is 0.745. The number of rotatable bonds is 3. The summed E-state index contributed by atoms with van der Waals surface area (Å²) in [5.41, 5.74) is 5.31. The summed E-state index contributed by atoms with van der Waals surface area (Å²) in [4.78, 5) is 0. The number of halogens is 7. The van der Waals surface area contributed by atoms with Gasteiger partial charge in [-0.3, -0.25) is 0 Å². The van der Waals surface area contributed by atoms with Gasteiger partial charge in [0, 0.05) is 5.02 Å². The van der Waals surface area contributed by atoms with Gasteiger partial charge >= 0.3 is 12.5 Å². The zero-order chi connectivity index (χ0) is 18.1. The second kappa shape index (κ2) is 6.52. The molecule has 0 saturated heterocycles. The van der Waals surface area contributed by atoms with Gasteiger partial charge in [-0.1, -0.05) is 23.7 Å². The molecular weight excluding hydrogens is 360 g/mol. The molecule has 0 bridgehead atoms. The Morgan fingerprint density at radius 2 is 1.46 bits per heavy atom. The van der Waals surface area contributed by atoms with Gasteiger partial charge in [-0.2, -0.15) is 13.2 Å². The van der Waals surface area contributed by atoms with E-state index >= 15 is 0 Å². The van der Waals surface area contributed by atoms with Crippen molar-refractivity contribution in [3.63, 3.8) is 0 Å². The first kappa shape index (κ1) is 18.4. The van der Waals surface area contributed by atoms with Crippen LogP contribution in [0.3, 0.4) is 0 Å². The molecular formula is C15H10ClF6NO. The van der Waals surface area contributed by atoms with E-state index in [4.69, 9.17) is 17.3 Å². The summed E-state index contributed by atoms with van der Waals surface area (Å²) >= 11 is 5.68. The van der Waals surface area contributed by atoms with Crippen molar-refractivity contribution in [1.29, 1.82) is 0 Å². The van der Waals surface area contributed by atoms with Crippen LogP contribution in [-0.4, -0.2) is 6.36 Å². The van der Waals surface area contributed by atoms with Crippen molar-refractivity contribution in [3.8, 4) is 5.75 Å². The maximum atomic E-state index is 12.8. The highest BCUT2D eigenvalue weighted by molar-refractivity contribution is 6.30. The second-order valence-corrected chi connectivity index (χ2v) is 5.30. The lowest BCUT2D eigenvalue weighted by molar-refractivity contribution is -0.274. The molecule has 2 rings (SSSR count). The Bertz CT molecular complexity index is 711. The van der Waals surface area contributed by atoms with E-state index in [1.807, 2.05) is 0 Å². The molecule has 0 saturated carbocycles. The lowest BCUT2D eigenvalue weighted by atomic mass is 9.97. The van der Waals surface area contributed by atoms with Gasteiger partial charge in [-0.05, 0) is 41.5 Å². The number of alkyl halides is 6. The van der Waals surface area contributed by atoms with Crippen molar-refractivity contribution in [3.05, 3.63) is 64.2 Å². The molecule has 0 spiro atoms. The second-order valence-electron chi connectivity index (χ2n) is 4.87. The average Bonchev–Trinajstić information content (AvgIpc) is 2.44. The van der Waals surface area contributed by atoms with Crippen molar-refractivity contribution >= 4 is 11.6 Å². The van der Waals surface area contributed by atoms with Crippen LogP contribution in [0.4, 0.5) is 26.3 Å². The predicted molar refractivity (Wildman–Crippen MR) is 75.6 cm³/mol. The first-order valence-corrected chi connectivity index (χ1v) is 6.82. The van der Waals surface area contributed by atoms with Crippen LogP contribution < -0.4 is 10.5 Å². The zero-order valence-electron chi connectivity index (χ0n) is 11.8. The highest BCUT2D eigenvalue weighted by Crippen LogP contribution is 2.34. The highest BCUT2D eigenvalue weighted by atomic mass is 35.5. The Kier molecular flexibility index (Phi) is 5.00. The summed E-state index contributed by atoms with van der Waals surface area (Å²) in [7, 11) is 0. The molecule has 2 aromatic rings. The number of hydrogen-bond donors (Lipinski definition) is 1. The maximum absolute atomic E-state index is 12.8. The standard InChI is InChI=1S/C15H10ClF6NO/c16-11-6-9(5-10(7-11)14(17,18)19)13(23)8-1-3-12(4-2-8)24-15(20,21)22/h1-7,13H,23H2/t13-/m0/s1. The summed E-state index contributed by atoms with van der Waals surface area (Å²) in [6, 6.07) is 6.40. The monoisotopic (exact) mass is 369 g/mol. The Morgan fingerprint density at radius 3 is 1.96 bits per heavy atom. The zero-order valence-corrected chi connectivity index (χ0v) is 12.5. The number of ether oxygens (including phenoxy) is 1. The van der Waals surface area contributed by atoms with E-state index in [0.717, 1.165) is 24.3 Å².